The number of benzene rings is 1. The molecule has 0 bridgehead atoms. The van der Waals surface area contributed by atoms with Crippen LogP contribution < -0.4 is 21.3 Å². The SMILES string of the molecule is CN1CCC(=O)N(c2ccc(Nc3cc(NC4CCc5c(F)ccc(F)c54)c(C(N)=O)cn3)nc2)CC1. The molecule has 0 spiro atoms. The normalized spacial score (nSPS) is 17.9. The summed E-state index contributed by atoms with van der Waals surface area (Å²) in [6.45, 7) is 2.09. The third-order valence-corrected chi connectivity index (χ3v) is 6.81. The fourth-order valence-electron chi connectivity index (χ4n) is 4.80. The highest BCUT2D eigenvalue weighted by atomic mass is 19.1. The van der Waals surface area contributed by atoms with Gasteiger partial charge in [-0.2, -0.15) is 0 Å². The van der Waals surface area contributed by atoms with Crippen LogP contribution in [0.25, 0.3) is 0 Å². The van der Waals surface area contributed by atoms with Crippen molar-refractivity contribution in [3.8, 4) is 0 Å². The molecule has 1 aromatic carbocycles. The second-order valence-corrected chi connectivity index (χ2v) is 9.26. The van der Waals surface area contributed by atoms with Crippen molar-refractivity contribution < 1.29 is 18.4 Å². The first-order valence-corrected chi connectivity index (χ1v) is 12.1. The molecule has 1 aliphatic heterocycles. The molecule has 1 fully saturated rings. The summed E-state index contributed by atoms with van der Waals surface area (Å²) in [5.41, 5.74) is 7.32. The van der Waals surface area contributed by atoms with Crippen LogP contribution in [0.5, 0.6) is 0 Å². The first kappa shape index (κ1) is 24.6. The molecule has 9 nitrogen and oxygen atoms in total. The highest BCUT2D eigenvalue weighted by Crippen LogP contribution is 2.38. The molecule has 192 valence electrons. The zero-order valence-electron chi connectivity index (χ0n) is 20.3. The molecule has 2 aromatic heterocycles. The van der Waals surface area contributed by atoms with E-state index in [-0.39, 0.29) is 17.0 Å². The van der Waals surface area contributed by atoms with Crippen LogP contribution >= 0.6 is 0 Å². The lowest BCUT2D eigenvalue weighted by molar-refractivity contribution is -0.118. The van der Waals surface area contributed by atoms with Crippen molar-refractivity contribution in [2.75, 3.05) is 42.2 Å². The van der Waals surface area contributed by atoms with E-state index in [0.29, 0.717) is 54.4 Å². The summed E-state index contributed by atoms with van der Waals surface area (Å²) in [6.07, 6.45) is 4.24. The maximum Gasteiger partial charge on any atom is 0.252 e. The van der Waals surface area contributed by atoms with Crippen molar-refractivity contribution in [1.82, 2.24) is 14.9 Å². The fourth-order valence-corrected chi connectivity index (χ4v) is 4.80. The molecule has 0 saturated carbocycles. The molecule has 1 aliphatic carbocycles. The summed E-state index contributed by atoms with van der Waals surface area (Å²) >= 11 is 0. The van der Waals surface area contributed by atoms with Crippen molar-refractivity contribution >= 4 is 34.8 Å². The van der Waals surface area contributed by atoms with Crippen LogP contribution in [0.15, 0.2) is 42.7 Å². The number of anilines is 4. The minimum Gasteiger partial charge on any atom is -0.377 e. The van der Waals surface area contributed by atoms with Crippen molar-refractivity contribution in [2.24, 2.45) is 5.73 Å². The number of rotatable bonds is 6. The Morgan fingerprint density at radius 2 is 1.81 bits per heavy atom. The largest absolute Gasteiger partial charge is 0.377 e. The molecule has 1 saturated heterocycles. The van der Waals surface area contributed by atoms with Gasteiger partial charge in [0, 0.05) is 43.9 Å². The highest BCUT2D eigenvalue weighted by Gasteiger charge is 2.29. The number of hydrogen-bond acceptors (Lipinski definition) is 7. The lowest BCUT2D eigenvalue weighted by Gasteiger charge is -2.21. The Hall–Kier alpha value is -4.12. The number of hydrogen-bond donors (Lipinski definition) is 3. The summed E-state index contributed by atoms with van der Waals surface area (Å²) in [7, 11) is 1.99. The van der Waals surface area contributed by atoms with Crippen LogP contribution in [0, 0.1) is 11.6 Å². The molecule has 1 atom stereocenters. The lowest BCUT2D eigenvalue weighted by atomic mass is 10.1. The van der Waals surface area contributed by atoms with E-state index in [0.717, 1.165) is 25.2 Å². The Balaban J connectivity index is 1.36. The van der Waals surface area contributed by atoms with Gasteiger partial charge in [-0.25, -0.2) is 18.7 Å². The summed E-state index contributed by atoms with van der Waals surface area (Å²) < 4.78 is 28.7. The molecule has 3 aromatic rings. The van der Waals surface area contributed by atoms with E-state index in [2.05, 4.69) is 25.5 Å². The van der Waals surface area contributed by atoms with E-state index in [1.165, 1.54) is 6.20 Å². The standard InChI is InChI=1S/C26H27F2N7O2/c1-34-9-8-24(36)35(11-10-34)15-2-7-22(30-13-15)33-23-12-21(17(14-31-23)26(29)37)32-20-6-3-16-18(27)4-5-19(28)25(16)20/h2,4-5,7,12-14,20H,3,6,8-11H2,1H3,(H2,29,37)(H2,30,31,32,33). The highest BCUT2D eigenvalue weighted by molar-refractivity contribution is 5.98. The third-order valence-electron chi connectivity index (χ3n) is 6.81. The third kappa shape index (κ3) is 5.08. The second kappa shape index (κ2) is 10.1. The van der Waals surface area contributed by atoms with Gasteiger partial charge >= 0.3 is 0 Å². The smallest absolute Gasteiger partial charge is 0.252 e. The number of likely N-dealkylation sites (N-methyl/N-ethyl adjacent to an activating group) is 1. The number of nitrogens with one attached hydrogen (secondary N) is 2. The number of amides is 2. The topological polar surface area (TPSA) is 116 Å². The van der Waals surface area contributed by atoms with Gasteiger partial charge in [0.1, 0.15) is 23.3 Å². The Morgan fingerprint density at radius 1 is 1.03 bits per heavy atom. The Labute approximate surface area is 212 Å². The molecule has 0 radical (unpaired) electrons. The van der Waals surface area contributed by atoms with E-state index in [1.807, 2.05) is 13.1 Å². The number of pyridine rings is 2. The molecular weight excluding hydrogens is 480 g/mol. The van der Waals surface area contributed by atoms with Gasteiger partial charge < -0.3 is 26.2 Å². The molecule has 2 aliphatic rings. The molecule has 11 heteroatoms. The number of carbonyl (C=O) groups excluding carboxylic acids is 2. The minimum absolute atomic E-state index is 0.0519. The second-order valence-electron chi connectivity index (χ2n) is 9.26. The predicted octanol–water partition coefficient (Wildman–Crippen LogP) is 3.37. The molecule has 4 N–H and O–H groups in total. The average molecular weight is 508 g/mol. The fraction of sp³-hybridized carbons (Fsp3) is 0.308. The van der Waals surface area contributed by atoms with E-state index >= 15 is 0 Å². The molecule has 5 rings (SSSR count). The maximum absolute atomic E-state index is 14.5. The Morgan fingerprint density at radius 3 is 2.57 bits per heavy atom. The number of nitrogens with zero attached hydrogens (tertiary/aromatic N) is 4. The number of halogens is 2. The minimum atomic E-state index is -0.699. The number of aromatic nitrogens is 2. The lowest BCUT2D eigenvalue weighted by Crippen LogP contribution is -2.32. The van der Waals surface area contributed by atoms with E-state index in [9.17, 15) is 18.4 Å². The molecule has 3 heterocycles. The number of primary amides is 1. The molecular formula is C26H27F2N7O2. The van der Waals surface area contributed by atoms with E-state index in [4.69, 9.17) is 5.73 Å². The molecule has 37 heavy (non-hydrogen) atoms. The van der Waals surface area contributed by atoms with Gasteiger partial charge in [-0.15, -0.1) is 0 Å². The van der Waals surface area contributed by atoms with Crippen molar-refractivity contribution in [1.29, 1.82) is 0 Å². The van der Waals surface area contributed by atoms with Crippen molar-refractivity contribution in [3.63, 3.8) is 0 Å². The van der Waals surface area contributed by atoms with Gasteiger partial charge in [-0.05, 0) is 49.7 Å². The average Bonchev–Trinajstić information content (AvgIpc) is 3.23. The van der Waals surface area contributed by atoms with Crippen molar-refractivity contribution in [3.05, 3.63) is 71.1 Å². The van der Waals surface area contributed by atoms with Crippen LogP contribution in [-0.2, 0) is 11.2 Å². The molecule has 1 unspecified atom stereocenters. The summed E-state index contributed by atoms with van der Waals surface area (Å²) in [5.74, 6) is -0.744. The van der Waals surface area contributed by atoms with Crippen LogP contribution in [-0.4, -0.2) is 53.4 Å². The quantitative estimate of drug-likeness (QED) is 0.468. The molecule has 2 amide bonds. The predicted molar refractivity (Wildman–Crippen MR) is 136 cm³/mol. The summed E-state index contributed by atoms with van der Waals surface area (Å²) in [5, 5.41) is 6.23. The maximum atomic E-state index is 14.5. The number of nitrogens with two attached hydrogens (primary N) is 1. The monoisotopic (exact) mass is 507 g/mol. The van der Waals surface area contributed by atoms with Gasteiger partial charge in [0.05, 0.1) is 29.2 Å². The number of carbonyl (C=O) groups is 2. The van der Waals surface area contributed by atoms with Crippen LogP contribution in [0.1, 0.15) is 40.4 Å². The van der Waals surface area contributed by atoms with E-state index < -0.39 is 23.6 Å². The van der Waals surface area contributed by atoms with Crippen molar-refractivity contribution in [2.45, 2.75) is 25.3 Å². The summed E-state index contributed by atoms with van der Waals surface area (Å²) in [4.78, 5) is 37.0. The van der Waals surface area contributed by atoms with Gasteiger partial charge in [0.25, 0.3) is 5.91 Å². The first-order valence-electron chi connectivity index (χ1n) is 12.1. The van der Waals surface area contributed by atoms with Crippen LogP contribution in [0.3, 0.4) is 0 Å². The Kier molecular flexibility index (Phi) is 6.70. The van der Waals surface area contributed by atoms with Crippen LogP contribution in [0.4, 0.5) is 31.8 Å². The van der Waals surface area contributed by atoms with Crippen LogP contribution in [0.2, 0.25) is 0 Å². The number of fused-ring (bicyclic) bond motifs is 1. The van der Waals surface area contributed by atoms with Gasteiger partial charge in [0.15, 0.2) is 0 Å². The van der Waals surface area contributed by atoms with Gasteiger partial charge in [-0.1, -0.05) is 0 Å². The van der Waals surface area contributed by atoms with Gasteiger partial charge in [0.2, 0.25) is 5.91 Å². The zero-order chi connectivity index (χ0) is 26.1. The van der Waals surface area contributed by atoms with E-state index in [1.54, 1.807) is 23.2 Å². The van der Waals surface area contributed by atoms with Gasteiger partial charge in [-0.3, -0.25) is 9.59 Å². The zero-order valence-corrected chi connectivity index (χ0v) is 20.3. The first-order chi connectivity index (χ1) is 17.8. The Bertz CT molecular complexity index is 1350. The summed E-state index contributed by atoms with van der Waals surface area (Å²) in [6, 6.07) is 6.83.